The van der Waals surface area contributed by atoms with Crippen molar-refractivity contribution in [3.8, 4) is 16.8 Å². The number of benzene rings is 6. The topological polar surface area (TPSA) is 46.5 Å². The van der Waals surface area contributed by atoms with E-state index in [1.807, 2.05) is 24.3 Å². The molecule has 1 aliphatic carbocycles. The molecule has 4 nitrogen and oxygen atoms in total. The number of para-hydroxylation sites is 3. The first-order valence-electron chi connectivity index (χ1n) is 17.4. The molecule has 0 fully saturated rings. The van der Waals surface area contributed by atoms with Gasteiger partial charge in [0, 0.05) is 39.1 Å². The molecule has 2 N–H and O–H groups in total. The number of hydrogen-bond donors (Lipinski definition) is 1. The van der Waals surface area contributed by atoms with Crippen LogP contribution >= 0.6 is 0 Å². The second-order valence-corrected chi connectivity index (χ2v) is 13.0. The maximum absolute atomic E-state index is 7.22. The van der Waals surface area contributed by atoms with Crippen molar-refractivity contribution in [2.45, 2.75) is 12.0 Å². The smallest absolute Gasteiger partial charge is 0.201 e. The quantitative estimate of drug-likeness (QED) is 0.0867. The van der Waals surface area contributed by atoms with Gasteiger partial charge in [-0.3, -0.25) is 0 Å². The van der Waals surface area contributed by atoms with Gasteiger partial charge in [-0.1, -0.05) is 158 Å². The van der Waals surface area contributed by atoms with Gasteiger partial charge in [0.2, 0.25) is 5.96 Å². The summed E-state index contributed by atoms with van der Waals surface area (Å²) in [6.07, 6.45) is 10.7. The summed E-state index contributed by atoms with van der Waals surface area (Å²) in [6, 6.07) is 53.2. The molecule has 0 bridgehead atoms. The lowest BCUT2D eigenvalue weighted by molar-refractivity contribution is 0.706. The van der Waals surface area contributed by atoms with E-state index in [0.29, 0.717) is 5.96 Å². The fraction of sp³-hybridized carbons (Fsp3) is 0.0426. The van der Waals surface area contributed by atoms with Crippen molar-refractivity contribution in [1.29, 1.82) is 0 Å². The van der Waals surface area contributed by atoms with E-state index in [0.717, 1.165) is 39.3 Å². The van der Waals surface area contributed by atoms with Crippen LogP contribution < -0.4 is 10.6 Å². The van der Waals surface area contributed by atoms with Gasteiger partial charge in [-0.15, -0.1) is 0 Å². The van der Waals surface area contributed by atoms with Crippen LogP contribution in [0.3, 0.4) is 0 Å². The first kappa shape index (κ1) is 30.4. The molecule has 4 heteroatoms. The largest absolute Gasteiger partial charge is 0.369 e. The summed E-state index contributed by atoms with van der Waals surface area (Å²) in [5, 5.41) is 2.48. The maximum Gasteiger partial charge on any atom is 0.201 e. The van der Waals surface area contributed by atoms with Gasteiger partial charge in [0.05, 0.1) is 28.5 Å². The number of hydrogen-bond acceptors (Lipinski definition) is 1. The second-order valence-electron chi connectivity index (χ2n) is 13.0. The van der Waals surface area contributed by atoms with E-state index in [1.54, 1.807) is 0 Å². The summed E-state index contributed by atoms with van der Waals surface area (Å²) in [6.45, 7) is 4.29. The Labute approximate surface area is 298 Å². The molecule has 2 heterocycles. The fourth-order valence-corrected chi connectivity index (χ4v) is 7.90. The number of rotatable bonds is 5. The van der Waals surface area contributed by atoms with Crippen molar-refractivity contribution >= 4 is 44.7 Å². The van der Waals surface area contributed by atoms with Crippen molar-refractivity contribution in [2.75, 3.05) is 4.90 Å². The van der Waals surface area contributed by atoms with Gasteiger partial charge in [0.15, 0.2) is 0 Å². The number of guanidine groups is 1. The Morgan fingerprint density at radius 3 is 1.94 bits per heavy atom. The Morgan fingerprint density at radius 2 is 1.22 bits per heavy atom. The second kappa shape index (κ2) is 12.7. The molecule has 2 unspecified atom stereocenters. The van der Waals surface area contributed by atoms with E-state index in [-0.39, 0.29) is 12.0 Å². The molecule has 0 saturated carbocycles. The predicted molar refractivity (Wildman–Crippen MR) is 215 cm³/mol. The van der Waals surface area contributed by atoms with Crippen molar-refractivity contribution in [3.05, 3.63) is 205 Å². The molecule has 0 saturated heterocycles. The molecule has 0 amide bonds. The summed E-state index contributed by atoms with van der Waals surface area (Å²) in [4.78, 5) is 7.54. The molecule has 0 radical (unpaired) electrons. The highest BCUT2D eigenvalue weighted by molar-refractivity contribution is 6.09. The van der Waals surface area contributed by atoms with Crippen molar-refractivity contribution in [2.24, 2.45) is 10.7 Å². The third-order valence-corrected chi connectivity index (χ3v) is 10.2. The van der Waals surface area contributed by atoms with Gasteiger partial charge in [-0.25, -0.2) is 4.99 Å². The molecule has 1 aliphatic heterocycles. The first-order chi connectivity index (χ1) is 25.2. The van der Waals surface area contributed by atoms with Gasteiger partial charge in [-0.2, -0.15) is 0 Å². The fourth-order valence-electron chi connectivity index (χ4n) is 7.90. The van der Waals surface area contributed by atoms with Gasteiger partial charge in [0.1, 0.15) is 0 Å². The molecular formula is C47H36N4. The Balaban J connectivity index is 1.20. The van der Waals surface area contributed by atoms with Crippen molar-refractivity contribution < 1.29 is 0 Å². The Morgan fingerprint density at radius 1 is 0.608 bits per heavy atom. The summed E-state index contributed by atoms with van der Waals surface area (Å²) in [7, 11) is 0. The van der Waals surface area contributed by atoms with Crippen LogP contribution in [0.25, 0.3) is 49.9 Å². The first-order valence-corrected chi connectivity index (χ1v) is 17.4. The third kappa shape index (κ3) is 5.12. The van der Waals surface area contributed by atoms with E-state index in [4.69, 9.17) is 10.7 Å². The molecule has 244 valence electrons. The van der Waals surface area contributed by atoms with E-state index in [1.165, 1.54) is 32.9 Å². The average Bonchev–Trinajstić information content (AvgIpc) is 3.47. The zero-order valence-electron chi connectivity index (χ0n) is 28.1. The molecule has 51 heavy (non-hydrogen) atoms. The highest BCUT2D eigenvalue weighted by atomic mass is 15.3. The number of aliphatic imine (C=N–C) groups is 1. The summed E-state index contributed by atoms with van der Waals surface area (Å²) in [5.41, 5.74) is 19.0. The van der Waals surface area contributed by atoms with Crippen molar-refractivity contribution in [1.82, 2.24) is 4.57 Å². The molecule has 7 aromatic rings. The number of anilines is 1. The van der Waals surface area contributed by atoms with E-state index >= 15 is 0 Å². The summed E-state index contributed by atoms with van der Waals surface area (Å²) in [5.74, 6) is 0.522. The highest BCUT2D eigenvalue weighted by Crippen LogP contribution is 2.45. The van der Waals surface area contributed by atoms with E-state index < -0.39 is 0 Å². The standard InChI is InChI=1S/C47H36N4/c1-2-35(32-28-30-34(31-29-32)50-42-24-12-10-22-40(42)41-23-11-13-25-43(41)50)46(33-16-4-3-5-17-33)49-47(48)51-44-26-14-8-20-38(44)36-18-6-7-19-37(36)39-21-9-15-27-45(39)51/h2-31,38,44H,1H2,(H2,48,49)/b46-35+. The zero-order chi connectivity index (χ0) is 34.3. The van der Waals surface area contributed by atoms with Crippen LogP contribution in [-0.2, 0) is 0 Å². The number of allylic oxidation sites excluding steroid dienone is 4. The van der Waals surface area contributed by atoms with Gasteiger partial charge in [-0.05, 0) is 47.0 Å². The van der Waals surface area contributed by atoms with Crippen LogP contribution in [0.5, 0.6) is 0 Å². The van der Waals surface area contributed by atoms with E-state index in [2.05, 4.69) is 174 Å². The summed E-state index contributed by atoms with van der Waals surface area (Å²) >= 11 is 0. The zero-order valence-corrected chi connectivity index (χ0v) is 28.1. The van der Waals surface area contributed by atoms with Crippen molar-refractivity contribution in [3.63, 3.8) is 0 Å². The Hall–Kier alpha value is -6.65. The maximum atomic E-state index is 7.22. The molecule has 1 aromatic heterocycles. The van der Waals surface area contributed by atoms with Gasteiger partial charge >= 0.3 is 0 Å². The predicted octanol–water partition coefficient (Wildman–Crippen LogP) is 10.9. The minimum Gasteiger partial charge on any atom is -0.369 e. The van der Waals surface area contributed by atoms with Gasteiger partial charge < -0.3 is 15.2 Å². The minimum atomic E-state index is -0.0572. The van der Waals surface area contributed by atoms with Gasteiger partial charge in [0.25, 0.3) is 0 Å². The molecule has 2 aliphatic rings. The van der Waals surface area contributed by atoms with Crippen LogP contribution in [0.1, 0.15) is 22.6 Å². The lowest BCUT2D eigenvalue weighted by Gasteiger charge is -2.35. The van der Waals surface area contributed by atoms with Crippen LogP contribution in [0.15, 0.2) is 194 Å². The lowest BCUT2D eigenvalue weighted by atomic mass is 9.85. The number of nitrogens with zero attached hydrogens (tertiary/aromatic N) is 3. The normalized spacial score (nSPS) is 17.0. The van der Waals surface area contributed by atoms with E-state index in [9.17, 15) is 0 Å². The number of aromatic nitrogens is 1. The molecule has 9 rings (SSSR count). The summed E-state index contributed by atoms with van der Waals surface area (Å²) < 4.78 is 2.33. The Bertz CT molecular complexity index is 2510. The highest BCUT2D eigenvalue weighted by Gasteiger charge is 2.35. The Kier molecular flexibility index (Phi) is 7.55. The molecular weight excluding hydrogens is 621 g/mol. The molecule has 0 spiro atoms. The van der Waals surface area contributed by atoms with Crippen LogP contribution in [-0.4, -0.2) is 16.6 Å². The number of fused-ring (bicyclic) bond motifs is 8. The minimum absolute atomic E-state index is 0.0572. The number of nitrogens with two attached hydrogens (primary N) is 1. The SMILES string of the molecule is C=C/C(=C(\N=C(/N)N1c2ccccc2-c2ccccc2C2C=CC=CC21)c1ccccc1)c1ccc(-n2c3ccccc3c3ccccc32)cc1. The van der Waals surface area contributed by atoms with Crippen LogP contribution in [0.4, 0.5) is 5.69 Å². The average molecular weight is 657 g/mol. The molecule has 2 atom stereocenters. The lowest BCUT2D eigenvalue weighted by Crippen LogP contribution is -2.46. The molecule has 6 aromatic carbocycles. The van der Waals surface area contributed by atoms with Crippen LogP contribution in [0.2, 0.25) is 0 Å². The third-order valence-electron chi connectivity index (χ3n) is 10.2. The van der Waals surface area contributed by atoms with Crippen LogP contribution in [0, 0.1) is 0 Å². The monoisotopic (exact) mass is 656 g/mol.